The first-order chi connectivity index (χ1) is 5.57. The van der Waals surface area contributed by atoms with Gasteiger partial charge in [-0.2, -0.15) is 0 Å². The average Bonchev–Trinajstić information content (AvgIpc) is 2.02. The molecule has 0 unspecified atom stereocenters. The smallest absolute Gasteiger partial charge is 0.146 e. The standard InChI is InChI=1S/C11H16O/c1-7-4-8(6-12)10-5-9(7)11(10,2)3/h4,6-7,9-10H,5H2,1-3H3/t7-,9+,10-/m0/s1. The number of carbonyl (C=O) groups excluding carboxylic acids is 1. The van der Waals surface area contributed by atoms with E-state index in [4.69, 9.17) is 0 Å². The van der Waals surface area contributed by atoms with Gasteiger partial charge in [-0.1, -0.05) is 26.8 Å². The lowest BCUT2D eigenvalue weighted by atomic mass is 9.46. The molecular formula is C11H16O. The zero-order chi connectivity index (χ0) is 8.93. The summed E-state index contributed by atoms with van der Waals surface area (Å²) in [5, 5.41) is 0. The molecule has 0 amide bonds. The van der Waals surface area contributed by atoms with Crippen LogP contribution in [0.4, 0.5) is 0 Å². The molecule has 66 valence electrons. The van der Waals surface area contributed by atoms with Crippen molar-refractivity contribution in [1.82, 2.24) is 0 Å². The Kier molecular flexibility index (Phi) is 1.48. The Labute approximate surface area is 73.8 Å². The molecule has 3 aliphatic rings. The van der Waals surface area contributed by atoms with Crippen molar-refractivity contribution >= 4 is 6.29 Å². The minimum absolute atomic E-state index is 0.379. The van der Waals surface area contributed by atoms with Gasteiger partial charge in [0, 0.05) is 0 Å². The number of fused-ring (bicyclic) bond motifs is 1. The summed E-state index contributed by atoms with van der Waals surface area (Å²) >= 11 is 0. The van der Waals surface area contributed by atoms with Gasteiger partial charge in [0.25, 0.3) is 0 Å². The van der Waals surface area contributed by atoms with Gasteiger partial charge in [0.1, 0.15) is 6.29 Å². The molecule has 0 N–H and O–H groups in total. The van der Waals surface area contributed by atoms with Crippen molar-refractivity contribution in [3.8, 4) is 0 Å². The maximum absolute atomic E-state index is 10.8. The van der Waals surface area contributed by atoms with E-state index in [1.54, 1.807) is 0 Å². The molecule has 0 aromatic rings. The van der Waals surface area contributed by atoms with E-state index in [1.807, 2.05) is 0 Å². The lowest BCUT2D eigenvalue weighted by molar-refractivity contribution is -0.109. The molecule has 1 fully saturated rings. The maximum atomic E-state index is 10.8. The van der Waals surface area contributed by atoms with Crippen molar-refractivity contribution in [2.24, 2.45) is 23.2 Å². The van der Waals surface area contributed by atoms with Gasteiger partial charge in [-0.05, 0) is 35.2 Å². The fraction of sp³-hybridized carbons (Fsp3) is 0.727. The molecule has 0 spiro atoms. The molecule has 0 radical (unpaired) electrons. The zero-order valence-corrected chi connectivity index (χ0v) is 8.00. The summed E-state index contributed by atoms with van der Waals surface area (Å²) in [7, 11) is 0. The Morgan fingerprint density at radius 1 is 1.58 bits per heavy atom. The van der Waals surface area contributed by atoms with Crippen LogP contribution >= 0.6 is 0 Å². The summed E-state index contributed by atoms with van der Waals surface area (Å²) in [4.78, 5) is 10.8. The molecule has 0 saturated heterocycles. The van der Waals surface area contributed by atoms with Crippen molar-refractivity contribution in [2.75, 3.05) is 0 Å². The minimum atomic E-state index is 0.379. The van der Waals surface area contributed by atoms with Gasteiger partial charge in [-0.25, -0.2) is 0 Å². The van der Waals surface area contributed by atoms with Gasteiger partial charge in [0.15, 0.2) is 0 Å². The highest BCUT2D eigenvalue weighted by Crippen LogP contribution is 2.60. The third kappa shape index (κ3) is 0.769. The van der Waals surface area contributed by atoms with Gasteiger partial charge in [0.05, 0.1) is 0 Å². The molecule has 0 aromatic carbocycles. The predicted molar refractivity (Wildman–Crippen MR) is 48.7 cm³/mol. The number of allylic oxidation sites excluding steroid dienone is 2. The molecule has 3 aliphatic carbocycles. The second-order valence-electron chi connectivity index (χ2n) is 4.86. The summed E-state index contributed by atoms with van der Waals surface area (Å²) < 4.78 is 0. The van der Waals surface area contributed by atoms with E-state index in [2.05, 4.69) is 26.8 Å². The van der Waals surface area contributed by atoms with Gasteiger partial charge >= 0.3 is 0 Å². The highest BCUT2D eigenvalue weighted by atomic mass is 16.1. The monoisotopic (exact) mass is 164 g/mol. The summed E-state index contributed by atoms with van der Waals surface area (Å²) in [5.41, 5.74) is 1.43. The first-order valence-corrected chi connectivity index (χ1v) is 4.74. The van der Waals surface area contributed by atoms with Crippen LogP contribution in [0.1, 0.15) is 27.2 Å². The topological polar surface area (TPSA) is 17.1 Å². The highest BCUT2D eigenvalue weighted by molar-refractivity contribution is 5.75. The first kappa shape index (κ1) is 8.03. The van der Waals surface area contributed by atoms with Crippen molar-refractivity contribution in [3.63, 3.8) is 0 Å². The number of aldehydes is 1. The number of hydrogen-bond acceptors (Lipinski definition) is 1. The van der Waals surface area contributed by atoms with E-state index in [0.717, 1.165) is 17.8 Å². The average molecular weight is 164 g/mol. The first-order valence-electron chi connectivity index (χ1n) is 4.74. The number of hydrogen-bond donors (Lipinski definition) is 0. The van der Waals surface area contributed by atoms with Crippen molar-refractivity contribution in [3.05, 3.63) is 11.6 Å². The minimum Gasteiger partial charge on any atom is -0.298 e. The molecule has 3 rings (SSSR count). The highest BCUT2D eigenvalue weighted by Gasteiger charge is 2.53. The predicted octanol–water partition coefficient (Wildman–Crippen LogP) is 2.42. The summed E-state index contributed by atoms with van der Waals surface area (Å²) in [6, 6.07) is 0. The fourth-order valence-electron chi connectivity index (χ4n) is 3.07. The van der Waals surface area contributed by atoms with Crippen LogP contribution in [-0.4, -0.2) is 6.29 Å². The van der Waals surface area contributed by atoms with Crippen LogP contribution in [0.15, 0.2) is 11.6 Å². The fourth-order valence-corrected chi connectivity index (χ4v) is 3.07. The molecule has 12 heavy (non-hydrogen) atoms. The molecule has 0 aliphatic heterocycles. The van der Waals surface area contributed by atoms with Gasteiger partial charge < -0.3 is 0 Å². The molecule has 2 bridgehead atoms. The van der Waals surface area contributed by atoms with Crippen LogP contribution in [-0.2, 0) is 4.79 Å². The van der Waals surface area contributed by atoms with E-state index >= 15 is 0 Å². The summed E-state index contributed by atoms with van der Waals surface area (Å²) in [6.45, 7) is 6.81. The Morgan fingerprint density at radius 3 is 2.67 bits per heavy atom. The summed E-state index contributed by atoms with van der Waals surface area (Å²) in [5.74, 6) is 1.97. The maximum Gasteiger partial charge on any atom is 0.146 e. The largest absolute Gasteiger partial charge is 0.298 e. The van der Waals surface area contributed by atoms with E-state index in [-0.39, 0.29) is 0 Å². The molecule has 0 aromatic heterocycles. The normalized spacial score (nSPS) is 42.9. The summed E-state index contributed by atoms with van der Waals surface area (Å²) in [6.07, 6.45) is 4.45. The van der Waals surface area contributed by atoms with Crippen LogP contribution in [0.25, 0.3) is 0 Å². The third-order valence-corrected chi connectivity index (χ3v) is 3.97. The second-order valence-corrected chi connectivity index (χ2v) is 4.86. The SMILES string of the molecule is C[C@H]1C=C(C=O)[C@@H]2C[C@H]1C2(C)C. The van der Waals surface area contributed by atoms with Crippen LogP contribution in [0.3, 0.4) is 0 Å². The second kappa shape index (κ2) is 2.21. The quantitative estimate of drug-likeness (QED) is 0.544. The Bertz CT molecular complexity index is 250. The molecule has 1 heteroatoms. The van der Waals surface area contributed by atoms with E-state index < -0.39 is 0 Å². The lowest BCUT2D eigenvalue weighted by Gasteiger charge is -2.58. The van der Waals surface area contributed by atoms with Crippen molar-refractivity contribution in [1.29, 1.82) is 0 Å². The molecule has 3 atom stereocenters. The van der Waals surface area contributed by atoms with Crippen molar-refractivity contribution in [2.45, 2.75) is 27.2 Å². The van der Waals surface area contributed by atoms with Crippen LogP contribution in [0.5, 0.6) is 0 Å². The van der Waals surface area contributed by atoms with Gasteiger partial charge in [0.2, 0.25) is 0 Å². The van der Waals surface area contributed by atoms with Crippen molar-refractivity contribution < 1.29 is 4.79 Å². The third-order valence-electron chi connectivity index (χ3n) is 3.97. The van der Waals surface area contributed by atoms with Crippen LogP contribution in [0, 0.1) is 23.2 Å². The number of carbonyl (C=O) groups is 1. The van der Waals surface area contributed by atoms with Gasteiger partial charge in [-0.15, -0.1) is 0 Å². The Morgan fingerprint density at radius 2 is 2.25 bits per heavy atom. The van der Waals surface area contributed by atoms with E-state index in [1.165, 1.54) is 6.42 Å². The lowest BCUT2D eigenvalue weighted by Crippen LogP contribution is -2.51. The van der Waals surface area contributed by atoms with Crippen LogP contribution < -0.4 is 0 Å². The number of rotatable bonds is 1. The Hall–Kier alpha value is -0.590. The molecule has 1 nitrogen and oxygen atoms in total. The molecule has 1 saturated carbocycles. The molecule has 0 heterocycles. The zero-order valence-electron chi connectivity index (χ0n) is 8.00. The molecular weight excluding hydrogens is 148 g/mol. The Balaban J connectivity index is 2.36. The van der Waals surface area contributed by atoms with Crippen LogP contribution in [0.2, 0.25) is 0 Å². The van der Waals surface area contributed by atoms with Gasteiger partial charge in [-0.3, -0.25) is 4.79 Å². The van der Waals surface area contributed by atoms with E-state index in [0.29, 0.717) is 17.3 Å². The van der Waals surface area contributed by atoms with E-state index in [9.17, 15) is 4.79 Å².